The van der Waals surface area contributed by atoms with Crippen molar-refractivity contribution in [2.75, 3.05) is 77.2 Å². The lowest BCUT2D eigenvalue weighted by atomic mass is 9.78. The number of fused-ring (bicyclic) bond motifs is 4. The smallest absolute Gasteiger partial charge is 0.329 e. The van der Waals surface area contributed by atoms with Crippen LogP contribution in [0.1, 0.15) is 145 Å². The molecule has 1 saturated carbocycles. The molecule has 1 amide bonds. The molecule has 1 aliphatic carbocycles. The lowest BCUT2D eigenvalue weighted by Gasteiger charge is -2.43. The summed E-state index contributed by atoms with van der Waals surface area (Å²) in [6, 6.07) is 8.75. The number of allylic oxidation sites excluding steroid dienone is 6. The molecule has 5 aliphatic heterocycles. The average Bonchev–Trinajstić information content (AvgIpc) is 0.774. The summed E-state index contributed by atoms with van der Waals surface area (Å²) in [6.45, 7) is 20.6. The number of ether oxygens (including phenoxy) is 8. The van der Waals surface area contributed by atoms with Crippen molar-refractivity contribution < 1.29 is 77.2 Å². The minimum atomic E-state index is -2.56. The summed E-state index contributed by atoms with van der Waals surface area (Å²) in [5, 5.41) is 35.7. The quantitative estimate of drug-likeness (QED) is 0.0866. The van der Waals surface area contributed by atoms with Crippen LogP contribution in [0.4, 0.5) is 11.8 Å². The highest BCUT2D eigenvalue weighted by molar-refractivity contribution is 6.39. The number of aliphatic hydroxyl groups excluding tert-OH is 2. The van der Waals surface area contributed by atoms with Crippen molar-refractivity contribution >= 4 is 52.0 Å². The molecule has 4 saturated heterocycles. The zero-order chi connectivity index (χ0) is 69.8. The molecule has 9 rings (SSSR count). The van der Waals surface area contributed by atoms with E-state index in [0.29, 0.717) is 126 Å². The Kier molecular flexibility index (Phi) is 26.4. The number of hydrogen-bond acceptors (Lipinski definition) is 21. The maximum atomic E-state index is 14.9. The van der Waals surface area contributed by atoms with Gasteiger partial charge in [-0.05, 0) is 151 Å². The molecule has 532 valence electrons. The van der Waals surface area contributed by atoms with Crippen LogP contribution in [-0.2, 0) is 63.7 Å². The van der Waals surface area contributed by atoms with Crippen LogP contribution in [0.15, 0.2) is 77.9 Å². The number of rotatable bonds is 12. The molecule has 17 atom stereocenters. The summed E-state index contributed by atoms with van der Waals surface area (Å²) in [4.78, 5) is 94.1. The molecule has 3 N–H and O–H groups in total. The largest absolute Gasteiger partial charge is 0.496 e. The molecule has 0 radical (unpaired) electrons. The van der Waals surface area contributed by atoms with Gasteiger partial charge in [0, 0.05) is 75.6 Å². The molecule has 0 spiro atoms. The van der Waals surface area contributed by atoms with Crippen molar-refractivity contribution in [1.82, 2.24) is 19.9 Å². The Hall–Kier alpha value is -6.34. The van der Waals surface area contributed by atoms with Gasteiger partial charge in [-0.2, -0.15) is 9.97 Å². The van der Waals surface area contributed by atoms with Gasteiger partial charge in [-0.3, -0.25) is 19.2 Å². The van der Waals surface area contributed by atoms with Gasteiger partial charge in [-0.25, -0.2) is 9.78 Å². The summed E-state index contributed by atoms with van der Waals surface area (Å²) < 4.78 is 48.7. The second-order valence-corrected chi connectivity index (χ2v) is 28.3. The molecule has 3 aromatic rings. The topological polar surface area (TPSA) is 268 Å². The number of cyclic esters (lactones) is 1. The summed E-state index contributed by atoms with van der Waals surface area (Å²) in [6.07, 6.45) is 9.94. The number of hydrogen-bond donors (Lipinski definition) is 3. The van der Waals surface area contributed by atoms with Crippen molar-refractivity contribution in [2.45, 2.75) is 213 Å². The third-order valence-corrected chi connectivity index (χ3v) is 21.0. The van der Waals surface area contributed by atoms with E-state index in [9.17, 15) is 39.3 Å². The number of carbonyl (C=O) groups excluding carboxylic acids is 5. The Bertz CT molecular complexity index is 3360. The van der Waals surface area contributed by atoms with Crippen molar-refractivity contribution in [3.63, 3.8) is 0 Å². The number of anilines is 2. The highest BCUT2D eigenvalue weighted by atomic mass is 16.6. The molecule has 2 bridgehead atoms. The number of pyridine rings is 1. The van der Waals surface area contributed by atoms with Gasteiger partial charge < -0.3 is 67.9 Å². The lowest BCUT2D eigenvalue weighted by molar-refractivity contribution is -0.266. The van der Waals surface area contributed by atoms with Crippen LogP contribution in [0, 0.1) is 35.5 Å². The van der Waals surface area contributed by atoms with Gasteiger partial charge in [0.05, 0.1) is 87.7 Å². The number of nitrogens with zero attached hydrogens (tertiary/aromatic N) is 6. The monoisotopic (exact) mass is 1350 g/mol. The zero-order valence-corrected chi connectivity index (χ0v) is 59.1. The maximum Gasteiger partial charge on any atom is 0.329 e. The Morgan fingerprint density at radius 3 is 2.22 bits per heavy atom. The molecule has 7 heterocycles. The van der Waals surface area contributed by atoms with E-state index in [1.165, 1.54) is 12.0 Å². The summed E-state index contributed by atoms with van der Waals surface area (Å²) in [5.74, 6) is -6.66. The van der Waals surface area contributed by atoms with Gasteiger partial charge in [0.1, 0.15) is 41.7 Å². The number of aliphatic hydroxyl groups is 3. The first kappa shape index (κ1) is 74.9. The number of amides is 1. The number of aromatic nitrogens is 3. The van der Waals surface area contributed by atoms with E-state index in [1.807, 2.05) is 88.4 Å². The first-order chi connectivity index (χ1) is 46.4. The zero-order valence-electron chi connectivity index (χ0n) is 59.1. The minimum absolute atomic E-state index is 0.0370. The van der Waals surface area contributed by atoms with Gasteiger partial charge in [-0.1, -0.05) is 71.1 Å². The van der Waals surface area contributed by atoms with Crippen molar-refractivity contribution in [2.24, 2.45) is 35.5 Å². The van der Waals surface area contributed by atoms with E-state index in [-0.39, 0.29) is 79.9 Å². The molecule has 5 fully saturated rings. The third-order valence-electron chi connectivity index (χ3n) is 21.0. The Morgan fingerprint density at radius 2 is 1.51 bits per heavy atom. The number of methoxy groups -OCH3 is 3. The summed E-state index contributed by atoms with van der Waals surface area (Å²) in [7, 11) is 4.54. The molecular formula is C75H106N6O16. The van der Waals surface area contributed by atoms with Crippen LogP contribution in [-0.4, -0.2) is 198 Å². The minimum Gasteiger partial charge on any atom is -0.496 e. The first-order valence-electron chi connectivity index (χ1n) is 35.2. The van der Waals surface area contributed by atoms with Crippen molar-refractivity contribution in [3.8, 4) is 17.0 Å². The highest BCUT2D eigenvalue weighted by Crippen LogP contribution is 2.40. The fourth-order valence-electron chi connectivity index (χ4n) is 14.8. The van der Waals surface area contributed by atoms with E-state index in [1.54, 1.807) is 41.1 Å². The van der Waals surface area contributed by atoms with Crippen LogP contribution in [0.2, 0.25) is 0 Å². The summed E-state index contributed by atoms with van der Waals surface area (Å²) in [5.41, 5.74) is 3.89. The van der Waals surface area contributed by atoms with Crippen LogP contribution in [0.5, 0.6) is 5.75 Å². The fraction of sp³-hybridized carbons (Fsp3) is 0.653. The van der Waals surface area contributed by atoms with E-state index in [0.717, 1.165) is 27.9 Å². The fourth-order valence-corrected chi connectivity index (χ4v) is 14.8. The normalized spacial score (nSPS) is 34.4. The van der Waals surface area contributed by atoms with Crippen LogP contribution in [0.25, 0.3) is 22.3 Å². The van der Waals surface area contributed by atoms with Crippen LogP contribution < -0.4 is 14.5 Å². The Labute approximate surface area is 572 Å². The van der Waals surface area contributed by atoms with Gasteiger partial charge >= 0.3 is 5.97 Å². The number of piperidine rings is 1. The van der Waals surface area contributed by atoms with Crippen molar-refractivity contribution in [3.05, 3.63) is 83.5 Å². The van der Waals surface area contributed by atoms with E-state index in [2.05, 4.69) is 23.6 Å². The number of Topliss-reactive ketones (excluding diaryl/α,β-unsaturated/α-hetero) is 3. The number of morpholine rings is 2. The van der Waals surface area contributed by atoms with Gasteiger partial charge in [0.15, 0.2) is 11.4 Å². The number of ketones is 3. The van der Waals surface area contributed by atoms with E-state index in [4.69, 9.17) is 52.8 Å². The van der Waals surface area contributed by atoms with E-state index < -0.39 is 83.9 Å². The molecule has 97 heavy (non-hydrogen) atoms. The standard InChI is InChI=1S/C75H106N6O16/c1-44-18-14-13-15-19-45(2)63(95-43-55-38-54(23-28-62(55)90-10)58-26-25-57-70(76-58)77-74(80-31-33-94-42-52(80)9)78-71(57)79-30-32-93-41-51(79)8)39-56-24-21-50(7)75(89,97-56)69(86)72(87)81-29-17-16-20-59(81)73(88)96-64(47(4)36-53-22-27-60(82)65(37-53)91-11)40-61(83)46(3)35-49(6)67(85)68(92-12)66(84)48(5)34-44/h13-15,18-19,23,25-26,28,35,38,44,46-48,50-53,56,59-60,63-65,67-68,82,85,89H,16-17,20-22,24,27,29-34,36-37,39-43H2,1-12H3/b15-13+,18-14+,45-19-,49-35+/t44-,46-,47?,48-,50-,51+,52+,53-,56+,59+,60-,63+,64+,65-,67-,68+,75-/m1/s1. The lowest BCUT2D eigenvalue weighted by Crippen LogP contribution is -2.61. The third kappa shape index (κ3) is 18.2. The number of esters is 1. The molecule has 2 aromatic heterocycles. The molecular weight excluding hydrogens is 1240 g/mol. The summed E-state index contributed by atoms with van der Waals surface area (Å²) >= 11 is 0. The van der Waals surface area contributed by atoms with Gasteiger partial charge in [0.25, 0.3) is 11.7 Å². The van der Waals surface area contributed by atoms with Crippen molar-refractivity contribution in [1.29, 1.82) is 0 Å². The maximum absolute atomic E-state index is 14.9. The average molecular weight is 1350 g/mol. The van der Waals surface area contributed by atoms with E-state index >= 15 is 0 Å². The van der Waals surface area contributed by atoms with Crippen LogP contribution in [0.3, 0.4) is 0 Å². The molecule has 1 unspecified atom stereocenters. The van der Waals surface area contributed by atoms with Crippen LogP contribution >= 0.6 is 0 Å². The molecule has 22 heteroatoms. The first-order valence-corrected chi connectivity index (χ1v) is 35.2. The predicted octanol–water partition coefficient (Wildman–Crippen LogP) is 9.22. The predicted molar refractivity (Wildman–Crippen MR) is 367 cm³/mol. The molecule has 1 aromatic carbocycles. The second-order valence-electron chi connectivity index (χ2n) is 28.3. The van der Waals surface area contributed by atoms with Gasteiger partial charge in [-0.15, -0.1) is 0 Å². The SMILES string of the molecule is COc1ccc(-c2ccc3c(N4CCOC[C@@H]4C)nc(N4CCOC[C@@H]4C)nc3n2)cc1CO[C@H]1C[C@@H]2CC[C@@H](C)[C@@](O)(O2)C(=O)C(=O)N2CCCC[C@H]2C(=O)O[C@H](C(C)C[C@H]2CC[C@@H](O)[C@H](OC)C2)CC(=O)[C@H](C)/C=C(\C)[C@@H](O)[C@@H](OC)C(=O)[C@H](C)C[C@H](C)/C=C/C=C/C=C\1C. The number of benzene rings is 1. The Morgan fingerprint density at radius 1 is 0.763 bits per heavy atom. The number of carbonyl (C=O) groups is 5. The Balaban J connectivity index is 1.02. The van der Waals surface area contributed by atoms with Gasteiger partial charge in [0.2, 0.25) is 11.7 Å². The molecule has 6 aliphatic rings. The molecule has 22 nitrogen and oxygen atoms in total. The highest BCUT2D eigenvalue weighted by Gasteiger charge is 2.53. The second kappa shape index (κ2) is 34.1.